The first kappa shape index (κ1) is 16.0. The molecule has 1 aromatic heterocycles. The van der Waals surface area contributed by atoms with E-state index in [9.17, 15) is 0 Å². The normalized spacial score (nSPS) is 15.7. The fraction of sp³-hybridized carbons (Fsp3) is 0.333. The number of fused-ring (bicyclic) bond motifs is 5. The van der Waals surface area contributed by atoms with Crippen LogP contribution in [0.25, 0.3) is 22.5 Å². The van der Waals surface area contributed by atoms with E-state index in [1.165, 1.54) is 22.3 Å². The largest absolute Gasteiger partial charge is 0.373 e. The highest BCUT2D eigenvalue weighted by molar-refractivity contribution is 5.82. The van der Waals surface area contributed by atoms with Crippen molar-refractivity contribution < 1.29 is 4.74 Å². The smallest absolute Gasteiger partial charge is 0.121 e. The molecule has 25 heavy (non-hydrogen) atoms. The van der Waals surface area contributed by atoms with Gasteiger partial charge in [-0.15, -0.1) is 5.10 Å². The van der Waals surface area contributed by atoms with Gasteiger partial charge in [-0.25, -0.2) is 4.68 Å². The number of hydrogen-bond donors (Lipinski definition) is 0. The van der Waals surface area contributed by atoms with Crippen molar-refractivity contribution in [2.75, 3.05) is 6.61 Å². The van der Waals surface area contributed by atoms with Crippen molar-refractivity contribution in [2.45, 2.75) is 39.3 Å². The summed E-state index contributed by atoms with van der Waals surface area (Å²) in [5, 5.41) is 9.03. The highest BCUT2D eigenvalue weighted by Crippen LogP contribution is 2.41. The Balaban J connectivity index is 2.02. The van der Waals surface area contributed by atoms with Crippen molar-refractivity contribution in [3.8, 4) is 22.5 Å². The molecule has 1 atom stereocenters. The van der Waals surface area contributed by atoms with Crippen LogP contribution in [-0.4, -0.2) is 21.6 Å². The molecule has 0 saturated carbocycles. The van der Waals surface area contributed by atoms with Gasteiger partial charge < -0.3 is 4.74 Å². The first-order valence-corrected chi connectivity index (χ1v) is 9.06. The molecule has 1 unspecified atom stereocenters. The van der Waals surface area contributed by atoms with Crippen molar-refractivity contribution in [2.24, 2.45) is 0 Å². The first-order chi connectivity index (χ1) is 12.3. The fourth-order valence-electron chi connectivity index (χ4n) is 3.71. The summed E-state index contributed by atoms with van der Waals surface area (Å²) in [7, 11) is 0. The molecule has 0 N–H and O–H groups in total. The molecule has 1 aliphatic rings. The molecule has 4 nitrogen and oxygen atoms in total. The summed E-state index contributed by atoms with van der Waals surface area (Å²) in [5.74, 6) is 0. The van der Waals surface area contributed by atoms with Gasteiger partial charge in [0.05, 0.1) is 11.8 Å². The summed E-state index contributed by atoms with van der Waals surface area (Å²) in [6, 6.07) is 17.0. The summed E-state index contributed by atoms with van der Waals surface area (Å²) >= 11 is 0. The second-order valence-electron chi connectivity index (χ2n) is 6.40. The van der Waals surface area contributed by atoms with Crippen molar-refractivity contribution >= 4 is 0 Å². The fourth-order valence-corrected chi connectivity index (χ4v) is 3.71. The molecule has 0 spiro atoms. The van der Waals surface area contributed by atoms with Crippen LogP contribution in [0.3, 0.4) is 0 Å². The standard InChI is InChI=1S/C21H23N3O/c1-3-13-24-21-18-12-8-7-11-17(18)19(25-4-2)14-15-9-5-6-10-16(15)20(21)22-23-24/h5-12,19H,3-4,13-14H2,1-2H3. The van der Waals surface area contributed by atoms with E-state index in [0.717, 1.165) is 30.8 Å². The second-order valence-corrected chi connectivity index (χ2v) is 6.40. The van der Waals surface area contributed by atoms with Gasteiger partial charge in [0.1, 0.15) is 5.69 Å². The Morgan fingerprint density at radius 2 is 1.80 bits per heavy atom. The Bertz CT molecular complexity index is 884. The molecule has 0 bridgehead atoms. The highest BCUT2D eigenvalue weighted by Gasteiger charge is 2.27. The van der Waals surface area contributed by atoms with Crippen LogP contribution in [0, 0.1) is 0 Å². The number of aromatic nitrogens is 3. The molecule has 0 saturated heterocycles. The maximum absolute atomic E-state index is 6.14. The van der Waals surface area contributed by atoms with Gasteiger partial charge in [0.2, 0.25) is 0 Å². The van der Waals surface area contributed by atoms with E-state index in [1.807, 2.05) is 4.68 Å². The SMILES string of the molecule is CCCn1nnc2c1-c1ccccc1C(OCC)Cc1ccccc1-2. The van der Waals surface area contributed by atoms with Crippen LogP contribution in [0.4, 0.5) is 0 Å². The molecular weight excluding hydrogens is 310 g/mol. The average molecular weight is 333 g/mol. The molecule has 1 aliphatic carbocycles. The Morgan fingerprint density at radius 3 is 2.60 bits per heavy atom. The minimum atomic E-state index is 0.0421. The quantitative estimate of drug-likeness (QED) is 0.697. The van der Waals surface area contributed by atoms with Gasteiger partial charge in [0, 0.05) is 30.7 Å². The van der Waals surface area contributed by atoms with Crippen LogP contribution in [-0.2, 0) is 17.7 Å². The summed E-state index contributed by atoms with van der Waals surface area (Å²) in [4.78, 5) is 0. The van der Waals surface area contributed by atoms with E-state index in [-0.39, 0.29) is 6.10 Å². The second kappa shape index (κ2) is 6.81. The van der Waals surface area contributed by atoms with Crippen LogP contribution < -0.4 is 0 Å². The Hall–Kier alpha value is -2.46. The zero-order valence-electron chi connectivity index (χ0n) is 14.8. The van der Waals surface area contributed by atoms with E-state index in [2.05, 4.69) is 72.7 Å². The molecule has 4 rings (SSSR count). The highest BCUT2D eigenvalue weighted by atomic mass is 16.5. The van der Waals surface area contributed by atoms with E-state index in [4.69, 9.17) is 4.74 Å². The molecule has 0 fully saturated rings. The van der Waals surface area contributed by atoms with Gasteiger partial charge in [0.15, 0.2) is 0 Å². The molecule has 3 aromatic rings. The van der Waals surface area contributed by atoms with Crippen LogP contribution in [0.15, 0.2) is 48.5 Å². The van der Waals surface area contributed by atoms with Crippen LogP contribution in [0.5, 0.6) is 0 Å². The number of hydrogen-bond acceptors (Lipinski definition) is 3. The Labute approximate surface area is 148 Å². The van der Waals surface area contributed by atoms with Gasteiger partial charge in [-0.05, 0) is 24.5 Å². The third-order valence-electron chi connectivity index (χ3n) is 4.78. The average Bonchev–Trinajstić information content (AvgIpc) is 3.04. The molecule has 0 radical (unpaired) electrons. The minimum Gasteiger partial charge on any atom is -0.373 e. The van der Waals surface area contributed by atoms with Gasteiger partial charge in [-0.1, -0.05) is 60.7 Å². The Morgan fingerprint density at radius 1 is 1.04 bits per heavy atom. The lowest BCUT2D eigenvalue weighted by atomic mass is 9.87. The molecular formula is C21H23N3O. The van der Waals surface area contributed by atoms with Gasteiger partial charge in [-0.3, -0.25) is 0 Å². The van der Waals surface area contributed by atoms with Crippen molar-refractivity contribution in [3.05, 3.63) is 59.7 Å². The van der Waals surface area contributed by atoms with E-state index >= 15 is 0 Å². The maximum Gasteiger partial charge on any atom is 0.121 e. The van der Waals surface area contributed by atoms with Gasteiger partial charge >= 0.3 is 0 Å². The molecule has 1 heterocycles. The monoisotopic (exact) mass is 333 g/mol. The van der Waals surface area contributed by atoms with E-state index < -0.39 is 0 Å². The summed E-state index contributed by atoms with van der Waals surface area (Å²) < 4.78 is 8.18. The predicted molar refractivity (Wildman–Crippen MR) is 99.3 cm³/mol. The number of ether oxygens (including phenoxy) is 1. The lowest BCUT2D eigenvalue weighted by molar-refractivity contribution is 0.0632. The van der Waals surface area contributed by atoms with Crippen LogP contribution in [0.2, 0.25) is 0 Å². The third kappa shape index (κ3) is 2.76. The lowest BCUT2D eigenvalue weighted by Crippen LogP contribution is -2.13. The zero-order chi connectivity index (χ0) is 17.2. The molecule has 2 aromatic carbocycles. The Kier molecular flexibility index (Phi) is 4.36. The molecule has 0 aliphatic heterocycles. The number of aryl methyl sites for hydroxylation is 1. The van der Waals surface area contributed by atoms with E-state index in [0.29, 0.717) is 6.61 Å². The molecule has 4 heteroatoms. The van der Waals surface area contributed by atoms with E-state index in [1.54, 1.807) is 0 Å². The maximum atomic E-state index is 6.14. The zero-order valence-corrected chi connectivity index (χ0v) is 14.8. The van der Waals surface area contributed by atoms with Gasteiger partial charge in [0.25, 0.3) is 0 Å². The topological polar surface area (TPSA) is 39.9 Å². The minimum absolute atomic E-state index is 0.0421. The summed E-state index contributed by atoms with van der Waals surface area (Å²) in [6.45, 7) is 5.78. The first-order valence-electron chi connectivity index (χ1n) is 9.06. The number of benzene rings is 2. The molecule has 128 valence electrons. The summed E-state index contributed by atoms with van der Waals surface area (Å²) in [6.07, 6.45) is 1.91. The molecule has 0 amide bonds. The van der Waals surface area contributed by atoms with Crippen molar-refractivity contribution in [1.82, 2.24) is 15.0 Å². The van der Waals surface area contributed by atoms with Crippen LogP contribution in [0.1, 0.15) is 37.5 Å². The van der Waals surface area contributed by atoms with Crippen molar-refractivity contribution in [3.63, 3.8) is 0 Å². The lowest BCUT2D eigenvalue weighted by Gasteiger charge is -2.25. The summed E-state index contributed by atoms with van der Waals surface area (Å²) in [5.41, 5.74) is 6.92. The number of rotatable bonds is 4. The van der Waals surface area contributed by atoms with Crippen molar-refractivity contribution in [1.29, 1.82) is 0 Å². The predicted octanol–water partition coefficient (Wildman–Crippen LogP) is 4.66. The number of nitrogens with zero attached hydrogens (tertiary/aromatic N) is 3. The third-order valence-corrected chi connectivity index (χ3v) is 4.78. The van der Waals surface area contributed by atoms with Crippen LogP contribution >= 0.6 is 0 Å². The van der Waals surface area contributed by atoms with Gasteiger partial charge in [-0.2, -0.15) is 0 Å².